The monoisotopic (exact) mass is 292 g/mol. The van der Waals surface area contributed by atoms with Gasteiger partial charge in [-0.15, -0.1) is 0 Å². The van der Waals surface area contributed by atoms with E-state index in [4.69, 9.17) is 0 Å². The fraction of sp³-hybridized carbons (Fsp3) is 0.385. The molecular weight excluding hydrogens is 280 g/mol. The molecule has 1 fully saturated rings. The van der Waals surface area contributed by atoms with E-state index < -0.39 is 0 Å². The van der Waals surface area contributed by atoms with Crippen molar-refractivity contribution < 1.29 is 5.11 Å². The van der Waals surface area contributed by atoms with Crippen molar-refractivity contribution in [3.05, 3.63) is 28.6 Å². The van der Waals surface area contributed by atoms with Gasteiger partial charge in [0, 0.05) is 11.3 Å². The van der Waals surface area contributed by atoms with Crippen molar-refractivity contribution in [3.8, 4) is 5.75 Å². The van der Waals surface area contributed by atoms with E-state index in [9.17, 15) is 5.11 Å². The van der Waals surface area contributed by atoms with Crippen LogP contribution in [0.2, 0.25) is 0 Å². The minimum absolute atomic E-state index is 0.280. The van der Waals surface area contributed by atoms with Crippen molar-refractivity contribution in [1.29, 1.82) is 0 Å². The van der Waals surface area contributed by atoms with Gasteiger partial charge in [-0.2, -0.15) is 0 Å². The maximum absolute atomic E-state index is 9.60. The number of benzene rings is 1. The molecule has 2 aromatic rings. The molecule has 0 saturated heterocycles. The average Bonchev–Trinajstić information content (AvgIpc) is 2.82. The zero-order valence-corrected chi connectivity index (χ0v) is 10.9. The lowest BCUT2D eigenvalue weighted by Gasteiger charge is -2.12. The highest BCUT2D eigenvalue weighted by Crippen LogP contribution is 2.37. The molecule has 3 nitrogen and oxygen atoms in total. The highest BCUT2D eigenvalue weighted by molar-refractivity contribution is 9.10. The molecule has 1 heterocycles. The van der Waals surface area contributed by atoms with Crippen LogP contribution in [0.1, 0.15) is 37.3 Å². The second-order valence-corrected chi connectivity index (χ2v) is 5.27. The Bertz CT molecular complexity index is 565. The van der Waals surface area contributed by atoms with Gasteiger partial charge < -0.3 is 5.11 Å². The van der Waals surface area contributed by atoms with Crippen LogP contribution in [0.15, 0.2) is 22.9 Å². The van der Waals surface area contributed by atoms with Gasteiger partial charge >= 0.3 is 0 Å². The third-order valence-electron chi connectivity index (χ3n) is 3.42. The molecule has 3 rings (SSSR count). The molecule has 4 heteroatoms. The minimum Gasteiger partial charge on any atom is -0.508 e. The Labute approximate surface area is 108 Å². The van der Waals surface area contributed by atoms with E-state index in [0.717, 1.165) is 16.6 Å². The van der Waals surface area contributed by atoms with Gasteiger partial charge in [0.25, 0.3) is 0 Å². The molecule has 1 aromatic carbocycles. The fourth-order valence-electron chi connectivity index (χ4n) is 2.62. The van der Waals surface area contributed by atoms with Crippen molar-refractivity contribution in [3.63, 3.8) is 0 Å². The maximum atomic E-state index is 9.60. The van der Waals surface area contributed by atoms with Gasteiger partial charge in [0.1, 0.15) is 5.75 Å². The molecule has 1 saturated carbocycles. The summed E-state index contributed by atoms with van der Waals surface area (Å²) < 4.78 is 0.637. The Kier molecular flexibility index (Phi) is 2.74. The predicted molar refractivity (Wildman–Crippen MR) is 70.1 cm³/mol. The van der Waals surface area contributed by atoms with E-state index in [1.807, 2.05) is 6.07 Å². The second-order valence-electron chi connectivity index (χ2n) is 4.56. The lowest BCUT2D eigenvalue weighted by atomic mass is 9.99. The van der Waals surface area contributed by atoms with Gasteiger partial charge in [-0.3, -0.25) is 0 Å². The lowest BCUT2D eigenvalue weighted by Crippen LogP contribution is -2.00. The highest BCUT2D eigenvalue weighted by atomic mass is 79.9. The summed E-state index contributed by atoms with van der Waals surface area (Å²) in [5.41, 5.74) is 1.97. The van der Waals surface area contributed by atoms with Crippen LogP contribution in [0.3, 0.4) is 0 Å². The summed E-state index contributed by atoms with van der Waals surface area (Å²) in [6.07, 6.45) is 4.92. The molecule has 17 heavy (non-hydrogen) atoms. The summed E-state index contributed by atoms with van der Waals surface area (Å²) in [6.45, 7) is 0. The van der Waals surface area contributed by atoms with E-state index in [0.29, 0.717) is 10.7 Å². The molecule has 1 aliphatic carbocycles. The van der Waals surface area contributed by atoms with Crippen molar-refractivity contribution in [2.45, 2.75) is 31.6 Å². The molecule has 0 aliphatic heterocycles. The number of fused-ring (bicyclic) bond motifs is 1. The molecule has 88 valence electrons. The quantitative estimate of drug-likeness (QED) is 0.814. The first-order chi connectivity index (χ1) is 8.24. The number of rotatable bonds is 1. The van der Waals surface area contributed by atoms with Crippen LogP contribution in [0.4, 0.5) is 0 Å². The summed E-state index contributed by atoms with van der Waals surface area (Å²) in [4.78, 5) is 8.86. The summed E-state index contributed by atoms with van der Waals surface area (Å²) in [6, 6.07) is 5.28. The maximum Gasteiger partial charge on any atom is 0.197 e. The average molecular weight is 293 g/mol. The number of phenolic OH excluding ortho intramolecular Hbond substituents is 1. The summed E-state index contributed by atoms with van der Waals surface area (Å²) in [5, 5.41) is 10.6. The molecule has 0 atom stereocenters. The number of halogens is 1. The summed E-state index contributed by atoms with van der Waals surface area (Å²) in [7, 11) is 0. The van der Waals surface area contributed by atoms with Crippen LogP contribution >= 0.6 is 15.9 Å². The van der Waals surface area contributed by atoms with Crippen LogP contribution in [0.5, 0.6) is 5.75 Å². The molecule has 0 radical (unpaired) electrons. The Balaban J connectivity index is 2.23. The van der Waals surface area contributed by atoms with Crippen LogP contribution in [-0.2, 0) is 0 Å². The first kappa shape index (κ1) is 11.0. The van der Waals surface area contributed by atoms with Crippen LogP contribution in [-0.4, -0.2) is 15.1 Å². The predicted octanol–water partition coefficient (Wildman–Crippen LogP) is 3.76. The molecule has 0 bridgehead atoms. The van der Waals surface area contributed by atoms with Gasteiger partial charge in [0.2, 0.25) is 0 Å². The fourth-order valence-corrected chi connectivity index (χ4v) is 3.00. The summed E-state index contributed by atoms with van der Waals surface area (Å²) >= 11 is 3.36. The van der Waals surface area contributed by atoms with E-state index in [1.165, 1.54) is 25.7 Å². The van der Waals surface area contributed by atoms with E-state index in [2.05, 4.69) is 25.9 Å². The third kappa shape index (κ3) is 2.02. The van der Waals surface area contributed by atoms with E-state index in [-0.39, 0.29) is 5.75 Å². The van der Waals surface area contributed by atoms with Gasteiger partial charge in [0.05, 0.1) is 11.2 Å². The topological polar surface area (TPSA) is 46.0 Å². The van der Waals surface area contributed by atoms with Crippen molar-refractivity contribution >= 4 is 26.8 Å². The zero-order chi connectivity index (χ0) is 11.8. The van der Waals surface area contributed by atoms with E-state index in [1.54, 1.807) is 12.1 Å². The number of nitrogens with zero attached hydrogens (tertiary/aromatic N) is 2. The normalized spacial score (nSPS) is 16.8. The Morgan fingerprint density at radius 1 is 1.18 bits per heavy atom. The van der Waals surface area contributed by atoms with Crippen LogP contribution in [0.25, 0.3) is 10.9 Å². The molecular formula is C13H13BrN2O. The highest BCUT2D eigenvalue weighted by Gasteiger charge is 2.21. The van der Waals surface area contributed by atoms with Gasteiger partial charge in [0.15, 0.2) is 4.73 Å². The number of aromatic hydroxyl groups is 1. The first-order valence-corrected chi connectivity index (χ1v) is 6.69. The SMILES string of the molecule is Oc1ccc2nc(Br)nc(C3CCCC3)c2c1. The largest absolute Gasteiger partial charge is 0.508 e. The van der Waals surface area contributed by atoms with Crippen molar-refractivity contribution in [2.75, 3.05) is 0 Å². The van der Waals surface area contributed by atoms with Crippen molar-refractivity contribution in [1.82, 2.24) is 9.97 Å². The number of hydrogen-bond acceptors (Lipinski definition) is 3. The Morgan fingerprint density at radius 3 is 2.71 bits per heavy atom. The lowest BCUT2D eigenvalue weighted by molar-refractivity contribution is 0.476. The van der Waals surface area contributed by atoms with Gasteiger partial charge in [-0.05, 0) is 47.0 Å². The number of aromatic nitrogens is 2. The van der Waals surface area contributed by atoms with Crippen LogP contribution in [0, 0.1) is 0 Å². The molecule has 1 N–H and O–H groups in total. The van der Waals surface area contributed by atoms with Gasteiger partial charge in [-0.25, -0.2) is 9.97 Å². The summed E-state index contributed by atoms with van der Waals surface area (Å²) in [5.74, 6) is 0.793. The molecule has 1 aromatic heterocycles. The Morgan fingerprint density at radius 2 is 1.94 bits per heavy atom. The smallest absolute Gasteiger partial charge is 0.197 e. The van der Waals surface area contributed by atoms with Crippen molar-refractivity contribution in [2.24, 2.45) is 0 Å². The molecule has 0 amide bonds. The van der Waals surface area contributed by atoms with Gasteiger partial charge in [-0.1, -0.05) is 12.8 Å². The molecule has 0 spiro atoms. The second kappa shape index (κ2) is 4.26. The standard InChI is InChI=1S/C13H13BrN2O/c14-13-15-11-6-5-9(17)7-10(11)12(16-13)8-3-1-2-4-8/h5-8,17H,1-4H2. The first-order valence-electron chi connectivity index (χ1n) is 5.90. The zero-order valence-electron chi connectivity index (χ0n) is 9.36. The molecule has 1 aliphatic rings. The van der Waals surface area contributed by atoms with Crippen LogP contribution < -0.4 is 0 Å². The Hall–Kier alpha value is -1.16. The third-order valence-corrected chi connectivity index (χ3v) is 3.78. The minimum atomic E-state index is 0.280. The molecule has 0 unspecified atom stereocenters. The number of hydrogen-bond donors (Lipinski definition) is 1. The van der Waals surface area contributed by atoms with E-state index >= 15 is 0 Å². The number of phenols is 1.